The molecule has 0 aliphatic rings. The first-order valence-electron chi connectivity index (χ1n) is 4.66. The number of pyridine rings is 1. The molecule has 2 N–H and O–H groups in total. The number of hydrogen-bond donors (Lipinski definition) is 1. The molecule has 2 rings (SSSR count). The molecule has 1 heterocycles. The van der Waals surface area contributed by atoms with E-state index >= 15 is 0 Å². The van der Waals surface area contributed by atoms with Crippen molar-refractivity contribution in [3.05, 3.63) is 34.7 Å². The van der Waals surface area contributed by atoms with Crippen molar-refractivity contribution in [2.45, 2.75) is 13.3 Å². The van der Waals surface area contributed by atoms with Crippen LogP contribution in [0.5, 0.6) is 0 Å². The average Bonchev–Trinajstić information content (AvgIpc) is 2.23. The van der Waals surface area contributed by atoms with Gasteiger partial charge in [0.05, 0.1) is 15.9 Å². The van der Waals surface area contributed by atoms with Gasteiger partial charge in [-0.15, -0.1) is 0 Å². The highest BCUT2D eigenvalue weighted by atomic mass is 35.5. The molecule has 0 saturated carbocycles. The highest BCUT2D eigenvalue weighted by molar-refractivity contribution is 6.35. The number of aromatic nitrogens is 1. The first kappa shape index (κ1) is 10.2. The summed E-state index contributed by atoms with van der Waals surface area (Å²) in [6.45, 7) is 1.96. The lowest BCUT2D eigenvalue weighted by Crippen LogP contribution is -1.97. The first-order valence-corrected chi connectivity index (χ1v) is 5.04. The molecule has 0 aliphatic carbocycles. The lowest BCUT2D eigenvalue weighted by Gasteiger charge is -2.06. The van der Waals surface area contributed by atoms with Crippen molar-refractivity contribution in [1.82, 2.24) is 4.98 Å². The zero-order valence-electron chi connectivity index (χ0n) is 8.22. The van der Waals surface area contributed by atoms with Crippen LogP contribution in [-0.4, -0.2) is 4.98 Å². The summed E-state index contributed by atoms with van der Waals surface area (Å²) in [6.07, 6.45) is 0.743. The second kappa shape index (κ2) is 3.66. The molecule has 1 aromatic carbocycles. The maximum Gasteiger partial charge on any atom is 0.134 e. The zero-order valence-corrected chi connectivity index (χ0v) is 8.98. The molecule has 4 heteroatoms. The number of fused-ring (bicyclic) bond motifs is 1. The van der Waals surface area contributed by atoms with E-state index in [2.05, 4.69) is 4.98 Å². The van der Waals surface area contributed by atoms with E-state index in [0.29, 0.717) is 21.6 Å². The third kappa shape index (κ3) is 1.63. The van der Waals surface area contributed by atoms with Gasteiger partial charge in [-0.3, -0.25) is 4.98 Å². The number of nitrogens with two attached hydrogens (primary N) is 1. The number of anilines is 1. The molecule has 15 heavy (non-hydrogen) atoms. The third-order valence-corrected chi connectivity index (χ3v) is 2.61. The lowest BCUT2D eigenvalue weighted by atomic mass is 10.1. The Morgan fingerprint density at radius 1 is 1.47 bits per heavy atom. The molecule has 2 aromatic rings. The predicted molar refractivity (Wildman–Crippen MR) is 60.5 cm³/mol. The Bertz CT molecular complexity index is 525. The lowest BCUT2D eigenvalue weighted by molar-refractivity contribution is 0.640. The fourth-order valence-corrected chi connectivity index (χ4v) is 1.73. The Morgan fingerprint density at radius 3 is 2.87 bits per heavy atom. The Morgan fingerprint density at radius 2 is 2.20 bits per heavy atom. The minimum atomic E-state index is -0.387. The minimum absolute atomic E-state index is 0.305. The van der Waals surface area contributed by atoms with Gasteiger partial charge in [-0.2, -0.15) is 0 Å². The second-order valence-corrected chi connectivity index (χ2v) is 3.72. The smallest absolute Gasteiger partial charge is 0.134 e. The number of halogens is 2. The quantitative estimate of drug-likeness (QED) is 0.808. The number of aryl methyl sites for hydroxylation is 1. The Labute approximate surface area is 91.9 Å². The second-order valence-electron chi connectivity index (χ2n) is 3.31. The normalized spacial score (nSPS) is 10.9. The van der Waals surface area contributed by atoms with E-state index in [-0.39, 0.29) is 5.82 Å². The average molecular weight is 225 g/mol. The van der Waals surface area contributed by atoms with Crippen LogP contribution in [0.4, 0.5) is 10.1 Å². The fraction of sp³-hybridized carbons (Fsp3) is 0.182. The van der Waals surface area contributed by atoms with Gasteiger partial charge in [0.15, 0.2) is 0 Å². The molecule has 78 valence electrons. The highest BCUT2D eigenvalue weighted by Crippen LogP contribution is 2.29. The van der Waals surface area contributed by atoms with Crippen molar-refractivity contribution in [3.63, 3.8) is 0 Å². The third-order valence-electron chi connectivity index (χ3n) is 2.31. The van der Waals surface area contributed by atoms with E-state index in [9.17, 15) is 4.39 Å². The molecule has 1 aromatic heterocycles. The van der Waals surface area contributed by atoms with Gasteiger partial charge < -0.3 is 5.73 Å². The Hall–Kier alpha value is -1.35. The van der Waals surface area contributed by atoms with Crippen molar-refractivity contribution in [3.8, 4) is 0 Å². The molecule has 0 radical (unpaired) electrons. The van der Waals surface area contributed by atoms with Crippen molar-refractivity contribution in [2.24, 2.45) is 0 Å². The van der Waals surface area contributed by atoms with E-state index in [1.165, 1.54) is 12.1 Å². The van der Waals surface area contributed by atoms with Gasteiger partial charge in [-0.1, -0.05) is 18.5 Å². The summed E-state index contributed by atoms with van der Waals surface area (Å²) in [5, 5.41) is 0.730. The van der Waals surface area contributed by atoms with Crippen LogP contribution in [0.2, 0.25) is 5.02 Å². The molecule has 0 amide bonds. The van der Waals surface area contributed by atoms with Crippen molar-refractivity contribution in [1.29, 1.82) is 0 Å². The minimum Gasteiger partial charge on any atom is -0.398 e. The predicted octanol–water partition coefficient (Wildman–Crippen LogP) is 3.17. The molecular formula is C11H10ClFN2. The van der Waals surface area contributed by atoms with Gasteiger partial charge in [0.25, 0.3) is 0 Å². The van der Waals surface area contributed by atoms with Crippen LogP contribution in [0.25, 0.3) is 10.9 Å². The van der Waals surface area contributed by atoms with Crippen LogP contribution in [0.1, 0.15) is 12.6 Å². The maximum atomic E-state index is 13.5. The fourth-order valence-electron chi connectivity index (χ4n) is 1.53. The van der Waals surface area contributed by atoms with Crippen LogP contribution in [-0.2, 0) is 6.42 Å². The van der Waals surface area contributed by atoms with Crippen LogP contribution in [0.3, 0.4) is 0 Å². The van der Waals surface area contributed by atoms with Crippen molar-refractivity contribution < 1.29 is 4.39 Å². The van der Waals surface area contributed by atoms with Gasteiger partial charge >= 0.3 is 0 Å². The van der Waals surface area contributed by atoms with Crippen LogP contribution < -0.4 is 5.73 Å². The molecule has 2 nitrogen and oxygen atoms in total. The largest absolute Gasteiger partial charge is 0.398 e. The molecule has 0 unspecified atom stereocenters. The Kier molecular flexibility index (Phi) is 2.49. The SMILES string of the molecule is CCc1cc(N)c2c(F)ccc(Cl)c2n1. The molecule has 0 atom stereocenters. The van der Waals surface area contributed by atoms with E-state index < -0.39 is 0 Å². The van der Waals surface area contributed by atoms with E-state index in [0.717, 1.165) is 12.1 Å². The molecule has 0 bridgehead atoms. The van der Waals surface area contributed by atoms with Crippen LogP contribution in [0, 0.1) is 5.82 Å². The van der Waals surface area contributed by atoms with E-state index in [1.807, 2.05) is 6.92 Å². The van der Waals surface area contributed by atoms with Crippen molar-refractivity contribution >= 4 is 28.2 Å². The van der Waals surface area contributed by atoms with Crippen molar-refractivity contribution in [2.75, 3.05) is 5.73 Å². The topological polar surface area (TPSA) is 38.9 Å². The van der Waals surface area contributed by atoms with Crippen LogP contribution in [0.15, 0.2) is 18.2 Å². The summed E-state index contributed by atoms with van der Waals surface area (Å²) in [5.74, 6) is -0.387. The van der Waals surface area contributed by atoms with Gasteiger partial charge in [0.1, 0.15) is 5.82 Å². The van der Waals surface area contributed by atoms with Gasteiger partial charge in [0, 0.05) is 11.4 Å². The van der Waals surface area contributed by atoms with E-state index in [4.69, 9.17) is 17.3 Å². The molecule has 0 spiro atoms. The molecular weight excluding hydrogens is 215 g/mol. The summed E-state index contributed by atoms with van der Waals surface area (Å²) in [7, 11) is 0. The standard InChI is InChI=1S/C11H10ClFN2/c1-2-6-5-9(14)10-8(13)4-3-7(12)11(10)15-6/h3-5H,2H2,1H3,(H2,14,15). The molecule has 0 fully saturated rings. The Balaban J connectivity index is 2.90. The van der Waals surface area contributed by atoms with Gasteiger partial charge in [0.2, 0.25) is 0 Å². The number of rotatable bonds is 1. The van der Waals surface area contributed by atoms with Gasteiger partial charge in [-0.05, 0) is 24.6 Å². The summed E-state index contributed by atoms with van der Waals surface area (Å²) < 4.78 is 13.5. The number of hydrogen-bond acceptors (Lipinski definition) is 2. The summed E-state index contributed by atoms with van der Waals surface area (Å²) in [5.41, 5.74) is 7.40. The summed E-state index contributed by atoms with van der Waals surface area (Å²) in [6, 6.07) is 4.47. The molecule has 0 aliphatic heterocycles. The summed E-state index contributed by atoms with van der Waals surface area (Å²) >= 11 is 5.95. The highest BCUT2D eigenvalue weighted by Gasteiger charge is 2.10. The van der Waals surface area contributed by atoms with Crippen LogP contribution >= 0.6 is 11.6 Å². The first-order chi connectivity index (χ1) is 7.13. The number of nitrogens with zero attached hydrogens (tertiary/aromatic N) is 1. The zero-order chi connectivity index (χ0) is 11.0. The maximum absolute atomic E-state index is 13.5. The monoisotopic (exact) mass is 224 g/mol. The molecule has 0 saturated heterocycles. The number of benzene rings is 1. The van der Waals surface area contributed by atoms with E-state index in [1.54, 1.807) is 6.07 Å². The summed E-state index contributed by atoms with van der Waals surface area (Å²) in [4.78, 5) is 4.26. The van der Waals surface area contributed by atoms with Gasteiger partial charge in [-0.25, -0.2) is 4.39 Å². The number of nitrogen functional groups attached to an aromatic ring is 1.